The van der Waals surface area contributed by atoms with Gasteiger partial charge in [0.1, 0.15) is 0 Å². The lowest BCUT2D eigenvalue weighted by molar-refractivity contribution is -0.118. The number of benzene rings is 2. The summed E-state index contributed by atoms with van der Waals surface area (Å²) in [5.74, 6) is -1.37. The largest absolute Gasteiger partial charge is 0.481 e. The molecule has 0 spiro atoms. The van der Waals surface area contributed by atoms with Gasteiger partial charge in [-0.25, -0.2) is 9.18 Å². The first kappa shape index (κ1) is 16.5. The molecule has 0 saturated carbocycles. The monoisotopic (exact) mass is 317 g/mol. The number of para-hydroxylation sites is 1. The van der Waals surface area contributed by atoms with Crippen LogP contribution in [0.2, 0.25) is 0 Å². The molecule has 6 heteroatoms. The van der Waals surface area contributed by atoms with Crippen LogP contribution in [0.3, 0.4) is 0 Å². The Morgan fingerprint density at radius 3 is 2.43 bits per heavy atom. The van der Waals surface area contributed by atoms with Gasteiger partial charge in [0.15, 0.2) is 18.2 Å². The lowest BCUT2D eigenvalue weighted by Crippen LogP contribution is -2.20. The second-order valence-corrected chi connectivity index (χ2v) is 4.57. The predicted molar refractivity (Wildman–Crippen MR) is 82.9 cm³/mol. The van der Waals surface area contributed by atoms with Gasteiger partial charge in [-0.2, -0.15) is 0 Å². The summed E-state index contributed by atoms with van der Waals surface area (Å²) in [6.45, 7) is 1.70. The van der Waals surface area contributed by atoms with E-state index in [1.165, 1.54) is 18.2 Å². The molecule has 0 fully saturated rings. The number of carbonyl (C=O) groups is 2. The summed E-state index contributed by atoms with van der Waals surface area (Å²) >= 11 is 0. The average molecular weight is 317 g/mol. The summed E-state index contributed by atoms with van der Waals surface area (Å²) in [4.78, 5) is 23.3. The number of ether oxygens (including phenoxy) is 2. The Morgan fingerprint density at radius 1 is 1.09 bits per heavy atom. The number of carbonyl (C=O) groups excluding carboxylic acids is 2. The molecule has 0 radical (unpaired) electrons. The van der Waals surface area contributed by atoms with Crippen LogP contribution < -0.4 is 10.1 Å². The molecular formula is C17H16FNO4. The van der Waals surface area contributed by atoms with Gasteiger partial charge in [-0.05, 0) is 43.3 Å². The molecule has 120 valence electrons. The van der Waals surface area contributed by atoms with E-state index in [1.807, 2.05) is 0 Å². The van der Waals surface area contributed by atoms with Crippen molar-refractivity contribution in [3.05, 3.63) is 59.9 Å². The maximum Gasteiger partial charge on any atom is 0.338 e. The molecule has 0 atom stereocenters. The Bertz CT molecular complexity index is 685. The third-order valence-corrected chi connectivity index (χ3v) is 2.88. The molecule has 2 rings (SSSR count). The fraction of sp³-hybridized carbons (Fsp3) is 0.176. The van der Waals surface area contributed by atoms with Gasteiger partial charge in [0.25, 0.3) is 5.91 Å². The second-order valence-electron chi connectivity index (χ2n) is 4.57. The van der Waals surface area contributed by atoms with Crippen LogP contribution in [0.25, 0.3) is 0 Å². The molecule has 0 saturated heterocycles. The first-order valence-corrected chi connectivity index (χ1v) is 7.04. The van der Waals surface area contributed by atoms with Crippen LogP contribution in [0.15, 0.2) is 48.5 Å². The third-order valence-electron chi connectivity index (χ3n) is 2.88. The number of esters is 1. The maximum atomic E-state index is 13.3. The van der Waals surface area contributed by atoms with E-state index in [9.17, 15) is 14.0 Å². The number of amides is 1. The number of hydrogen-bond acceptors (Lipinski definition) is 4. The first-order valence-electron chi connectivity index (χ1n) is 7.04. The molecule has 23 heavy (non-hydrogen) atoms. The number of hydrogen-bond donors (Lipinski definition) is 1. The molecule has 2 aromatic carbocycles. The molecule has 0 unspecified atom stereocenters. The Balaban J connectivity index is 1.88. The minimum atomic E-state index is -0.529. The normalized spacial score (nSPS) is 10.0. The maximum absolute atomic E-state index is 13.3. The van der Waals surface area contributed by atoms with Gasteiger partial charge in [-0.1, -0.05) is 12.1 Å². The molecule has 0 bridgehead atoms. The molecule has 0 aromatic heterocycles. The van der Waals surface area contributed by atoms with Gasteiger partial charge < -0.3 is 14.8 Å². The zero-order valence-corrected chi connectivity index (χ0v) is 12.5. The first-order chi connectivity index (χ1) is 11.1. The van der Waals surface area contributed by atoms with Crippen LogP contribution in [0.5, 0.6) is 5.75 Å². The zero-order chi connectivity index (χ0) is 16.7. The fourth-order valence-corrected chi connectivity index (χ4v) is 1.81. The molecule has 0 aliphatic carbocycles. The van der Waals surface area contributed by atoms with E-state index in [4.69, 9.17) is 9.47 Å². The van der Waals surface area contributed by atoms with E-state index < -0.39 is 17.7 Å². The van der Waals surface area contributed by atoms with E-state index in [-0.39, 0.29) is 12.4 Å². The summed E-state index contributed by atoms with van der Waals surface area (Å²) in [5, 5.41) is 2.59. The number of rotatable bonds is 6. The number of halogens is 1. The van der Waals surface area contributed by atoms with Crippen molar-refractivity contribution in [3.8, 4) is 5.75 Å². The second kappa shape index (κ2) is 7.93. The lowest BCUT2D eigenvalue weighted by atomic mass is 10.2. The highest BCUT2D eigenvalue weighted by Crippen LogP contribution is 2.15. The highest BCUT2D eigenvalue weighted by molar-refractivity contribution is 5.93. The molecule has 0 heterocycles. The quantitative estimate of drug-likeness (QED) is 0.832. The smallest absolute Gasteiger partial charge is 0.338 e. The van der Waals surface area contributed by atoms with Crippen molar-refractivity contribution in [2.24, 2.45) is 0 Å². The topological polar surface area (TPSA) is 64.6 Å². The van der Waals surface area contributed by atoms with E-state index in [0.29, 0.717) is 17.9 Å². The van der Waals surface area contributed by atoms with Crippen molar-refractivity contribution in [3.63, 3.8) is 0 Å². The molecule has 0 aliphatic heterocycles. The van der Waals surface area contributed by atoms with Crippen molar-refractivity contribution >= 4 is 17.6 Å². The van der Waals surface area contributed by atoms with E-state index in [1.54, 1.807) is 37.3 Å². The van der Waals surface area contributed by atoms with Crippen LogP contribution in [-0.4, -0.2) is 25.1 Å². The lowest BCUT2D eigenvalue weighted by Gasteiger charge is -2.08. The van der Waals surface area contributed by atoms with Crippen molar-refractivity contribution < 1.29 is 23.5 Å². The minimum Gasteiger partial charge on any atom is -0.481 e. The molecule has 1 amide bonds. The summed E-state index contributed by atoms with van der Waals surface area (Å²) in [6.07, 6.45) is 0. The average Bonchev–Trinajstić information content (AvgIpc) is 2.55. The van der Waals surface area contributed by atoms with Crippen molar-refractivity contribution in [2.75, 3.05) is 18.5 Å². The molecule has 2 aromatic rings. The predicted octanol–water partition coefficient (Wildman–Crippen LogP) is 3.02. The Morgan fingerprint density at radius 2 is 1.78 bits per heavy atom. The van der Waals surface area contributed by atoms with Crippen LogP contribution >= 0.6 is 0 Å². The fourth-order valence-electron chi connectivity index (χ4n) is 1.81. The Labute approximate surface area is 133 Å². The van der Waals surface area contributed by atoms with Crippen molar-refractivity contribution in [1.82, 2.24) is 0 Å². The van der Waals surface area contributed by atoms with Gasteiger partial charge in [0, 0.05) is 5.69 Å². The van der Waals surface area contributed by atoms with Crippen LogP contribution in [0.1, 0.15) is 17.3 Å². The number of anilines is 1. The van der Waals surface area contributed by atoms with Gasteiger partial charge >= 0.3 is 5.97 Å². The van der Waals surface area contributed by atoms with Crippen LogP contribution in [0.4, 0.5) is 10.1 Å². The summed E-state index contributed by atoms with van der Waals surface area (Å²) in [5.41, 5.74) is 0.896. The van der Waals surface area contributed by atoms with Crippen LogP contribution in [-0.2, 0) is 9.53 Å². The van der Waals surface area contributed by atoms with E-state index in [2.05, 4.69) is 5.32 Å². The minimum absolute atomic E-state index is 0.0142. The summed E-state index contributed by atoms with van der Waals surface area (Å²) < 4.78 is 23.3. The van der Waals surface area contributed by atoms with Crippen LogP contribution in [0, 0.1) is 5.82 Å². The Kier molecular flexibility index (Phi) is 5.68. The van der Waals surface area contributed by atoms with E-state index in [0.717, 1.165) is 0 Å². The SMILES string of the molecule is CCOC(=O)c1ccc(NC(=O)COc2ccccc2F)cc1. The zero-order valence-electron chi connectivity index (χ0n) is 12.5. The van der Waals surface area contributed by atoms with Crippen molar-refractivity contribution in [1.29, 1.82) is 0 Å². The highest BCUT2D eigenvalue weighted by atomic mass is 19.1. The number of nitrogens with one attached hydrogen (secondary N) is 1. The molecule has 5 nitrogen and oxygen atoms in total. The van der Waals surface area contributed by atoms with Gasteiger partial charge in [-0.15, -0.1) is 0 Å². The standard InChI is InChI=1S/C17H16FNO4/c1-2-22-17(21)12-7-9-13(10-8-12)19-16(20)11-23-15-6-4-3-5-14(15)18/h3-10H,2,11H2,1H3,(H,19,20). The Hall–Kier alpha value is -2.89. The summed E-state index contributed by atoms with van der Waals surface area (Å²) in [7, 11) is 0. The van der Waals surface area contributed by atoms with Crippen molar-refractivity contribution in [2.45, 2.75) is 6.92 Å². The highest BCUT2D eigenvalue weighted by Gasteiger charge is 2.09. The van der Waals surface area contributed by atoms with Gasteiger partial charge in [0.05, 0.1) is 12.2 Å². The molecular weight excluding hydrogens is 301 g/mol. The molecule has 1 N–H and O–H groups in total. The summed E-state index contributed by atoms with van der Waals surface area (Å²) in [6, 6.07) is 12.1. The molecule has 0 aliphatic rings. The van der Waals surface area contributed by atoms with E-state index >= 15 is 0 Å². The van der Waals surface area contributed by atoms with Gasteiger partial charge in [0.2, 0.25) is 0 Å². The third kappa shape index (κ3) is 4.81. The van der Waals surface area contributed by atoms with Gasteiger partial charge in [-0.3, -0.25) is 4.79 Å².